The molecule has 1 aromatic carbocycles. The number of aryl methyl sites for hydroxylation is 2. The van der Waals surface area contributed by atoms with E-state index < -0.39 is 0 Å². The maximum Gasteiger partial charge on any atom is 0.0677 e. The lowest BCUT2D eigenvalue weighted by Crippen LogP contribution is -2.00. The highest BCUT2D eigenvalue weighted by Crippen LogP contribution is 2.17. The Balaban J connectivity index is 2.46. The minimum absolute atomic E-state index is 1.11. The molecule has 0 bridgehead atoms. The Morgan fingerprint density at radius 2 is 2.20 bits per heavy atom. The van der Waals surface area contributed by atoms with Crippen molar-refractivity contribution in [2.45, 2.75) is 26.7 Å². The van der Waals surface area contributed by atoms with Crippen molar-refractivity contribution < 1.29 is 0 Å². The first-order valence-electron chi connectivity index (χ1n) is 5.41. The zero-order chi connectivity index (χ0) is 10.7. The van der Waals surface area contributed by atoms with E-state index in [2.05, 4.69) is 37.1 Å². The van der Waals surface area contributed by atoms with Crippen LogP contribution in [0.2, 0.25) is 0 Å². The first kappa shape index (κ1) is 9.97. The second-order valence-electron chi connectivity index (χ2n) is 3.83. The van der Waals surface area contributed by atoms with Crippen molar-refractivity contribution in [2.24, 2.45) is 0 Å². The summed E-state index contributed by atoms with van der Waals surface area (Å²) in [5.41, 5.74) is 3.89. The van der Waals surface area contributed by atoms with Crippen LogP contribution in [0.25, 0.3) is 5.69 Å². The highest BCUT2D eigenvalue weighted by molar-refractivity contribution is 5.42. The van der Waals surface area contributed by atoms with Crippen molar-refractivity contribution in [1.29, 1.82) is 0 Å². The Hall–Kier alpha value is -1.57. The van der Waals surface area contributed by atoms with Crippen molar-refractivity contribution >= 4 is 0 Å². The van der Waals surface area contributed by atoms with E-state index in [9.17, 15) is 0 Å². The second kappa shape index (κ2) is 4.30. The van der Waals surface area contributed by atoms with Gasteiger partial charge < -0.3 is 0 Å². The van der Waals surface area contributed by atoms with Crippen molar-refractivity contribution in [3.05, 3.63) is 47.8 Å². The maximum absolute atomic E-state index is 4.28. The summed E-state index contributed by atoms with van der Waals surface area (Å²) >= 11 is 0. The number of rotatable bonds is 3. The third kappa shape index (κ3) is 2.09. The highest BCUT2D eigenvalue weighted by Gasteiger charge is 2.03. The standard InChI is InChI=1S/C13H16N2/c1-3-5-12-10-11(2)6-7-13(12)15-9-4-8-14-15/h4,6-10H,3,5H2,1-2H3. The van der Waals surface area contributed by atoms with Crippen LogP contribution >= 0.6 is 0 Å². The van der Waals surface area contributed by atoms with E-state index >= 15 is 0 Å². The van der Waals surface area contributed by atoms with Crippen molar-refractivity contribution in [3.63, 3.8) is 0 Å². The molecule has 0 saturated carbocycles. The van der Waals surface area contributed by atoms with Gasteiger partial charge in [0, 0.05) is 12.4 Å². The molecule has 15 heavy (non-hydrogen) atoms. The SMILES string of the molecule is CCCc1cc(C)ccc1-n1cccn1. The Kier molecular flexibility index (Phi) is 2.86. The van der Waals surface area contributed by atoms with Gasteiger partial charge in [0.15, 0.2) is 0 Å². The lowest BCUT2D eigenvalue weighted by atomic mass is 10.1. The molecule has 0 saturated heterocycles. The summed E-state index contributed by atoms with van der Waals surface area (Å²) in [5.74, 6) is 0. The Labute approximate surface area is 90.6 Å². The zero-order valence-electron chi connectivity index (χ0n) is 9.27. The fourth-order valence-electron chi connectivity index (χ4n) is 1.82. The molecular formula is C13H16N2. The molecule has 0 N–H and O–H groups in total. The van der Waals surface area contributed by atoms with E-state index in [1.165, 1.54) is 16.8 Å². The monoisotopic (exact) mass is 200 g/mol. The fourth-order valence-corrected chi connectivity index (χ4v) is 1.82. The highest BCUT2D eigenvalue weighted by atomic mass is 15.3. The lowest BCUT2D eigenvalue weighted by Gasteiger charge is -2.09. The summed E-state index contributed by atoms with van der Waals surface area (Å²) in [6.45, 7) is 4.33. The molecule has 0 aliphatic carbocycles. The van der Waals surface area contributed by atoms with Gasteiger partial charge >= 0.3 is 0 Å². The van der Waals surface area contributed by atoms with Gasteiger partial charge in [0.1, 0.15) is 0 Å². The van der Waals surface area contributed by atoms with E-state index in [1.54, 1.807) is 0 Å². The van der Waals surface area contributed by atoms with E-state index in [0.29, 0.717) is 0 Å². The Bertz CT molecular complexity index is 430. The predicted octanol–water partition coefficient (Wildman–Crippen LogP) is 3.13. The molecule has 0 radical (unpaired) electrons. The predicted molar refractivity (Wildman–Crippen MR) is 62.3 cm³/mol. The van der Waals surface area contributed by atoms with Crippen LogP contribution in [0.3, 0.4) is 0 Å². The molecule has 0 fully saturated rings. The molecule has 0 aliphatic heterocycles. The fraction of sp³-hybridized carbons (Fsp3) is 0.308. The average Bonchev–Trinajstić information content (AvgIpc) is 2.71. The molecule has 2 rings (SSSR count). The number of hydrogen-bond acceptors (Lipinski definition) is 1. The van der Waals surface area contributed by atoms with Crippen LogP contribution in [-0.4, -0.2) is 9.78 Å². The first-order valence-corrected chi connectivity index (χ1v) is 5.41. The first-order chi connectivity index (χ1) is 7.31. The second-order valence-corrected chi connectivity index (χ2v) is 3.83. The number of hydrogen-bond donors (Lipinski definition) is 0. The van der Waals surface area contributed by atoms with Crippen LogP contribution in [0, 0.1) is 6.92 Å². The molecule has 2 nitrogen and oxygen atoms in total. The van der Waals surface area contributed by atoms with Gasteiger partial charge in [0.2, 0.25) is 0 Å². The molecule has 0 spiro atoms. The van der Waals surface area contributed by atoms with Gasteiger partial charge in [-0.1, -0.05) is 31.0 Å². The van der Waals surface area contributed by atoms with Gasteiger partial charge in [-0.25, -0.2) is 4.68 Å². The Morgan fingerprint density at radius 3 is 2.87 bits per heavy atom. The summed E-state index contributed by atoms with van der Waals surface area (Å²) in [4.78, 5) is 0. The van der Waals surface area contributed by atoms with Crippen molar-refractivity contribution in [3.8, 4) is 5.69 Å². The van der Waals surface area contributed by atoms with E-state index in [-0.39, 0.29) is 0 Å². The van der Waals surface area contributed by atoms with Gasteiger partial charge in [-0.2, -0.15) is 5.10 Å². The third-order valence-electron chi connectivity index (χ3n) is 2.51. The van der Waals surface area contributed by atoms with Crippen LogP contribution in [0.5, 0.6) is 0 Å². The molecule has 2 aromatic rings. The topological polar surface area (TPSA) is 17.8 Å². The summed E-state index contributed by atoms with van der Waals surface area (Å²) in [5, 5.41) is 4.28. The van der Waals surface area contributed by atoms with Crippen LogP contribution in [0.4, 0.5) is 0 Å². The normalized spacial score (nSPS) is 10.5. The van der Waals surface area contributed by atoms with Crippen LogP contribution in [0.15, 0.2) is 36.7 Å². The van der Waals surface area contributed by atoms with Gasteiger partial charge in [-0.15, -0.1) is 0 Å². The quantitative estimate of drug-likeness (QED) is 0.744. The summed E-state index contributed by atoms with van der Waals surface area (Å²) in [6.07, 6.45) is 6.08. The van der Waals surface area contributed by atoms with Crippen LogP contribution in [0.1, 0.15) is 24.5 Å². The molecule has 78 valence electrons. The van der Waals surface area contributed by atoms with Crippen LogP contribution < -0.4 is 0 Å². The average molecular weight is 200 g/mol. The van der Waals surface area contributed by atoms with Gasteiger partial charge in [0.05, 0.1) is 5.69 Å². The minimum Gasteiger partial charge on any atom is -0.241 e. The van der Waals surface area contributed by atoms with Crippen molar-refractivity contribution in [1.82, 2.24) is 9.78 Å². The van der Waals surface area contributed by atoms with Gasteiger partial charge in [-0.3, -0.25) is 0 Å². The summed E-state index contributed by atoms with van der Waals surface area (Å²) in [6, 6.07) is 8.49. The summed E-state index contributed by atoms with van der Waals surface area (Å²) < 4.78 is 1.93. The Morgan fingerprint density at radius 1 is 1.33 bits per heavy atom. The molecule has 2 heteroatoms. The van der Waals surface area contributed by atoms with E-state index in [1.807, 2.05) is 23.1 Å². The molecule has 0 aliphatic rings. The van der Waals surface area contributed by atoms with Gasteiger partial charge in [0.25, 0.3) is 0 Å². The minimum atomic E-state index is 1.11. The molecule has 1 aromatic heterocycles. The van der Waals surface area contributed by atoms with Gasteiger partial charge in [-0.05, 0) is 31.0 Å². The molecule has 0 unspecified atom stereocenters. The van der Waals surface area contributed by atoms with E-state index in [0.717, 1.165) is 12.8 Å². The van der Waals surface area contributed by atoms with E-state index in [4.69, 9.17) is 0 Å². The van der Waals surface area contributed by atoms with Crippen molar-refractivity contribution in [2.75, 3.05) is 0 Å². The molecule has 1 heterocycles. The van der Waals surface area contributed by atoms with Crippen LogP contribution in [-0.2, 0) is 6.42 Å². The molecular weight excluding hydrogens is 184 g/mol. The number of nitrogens with zero attached hydrogens (tertiary/aromatic N) is 2. The number of benzene rings is 1. The summed E-state index contributed by atoms with van der Waals surface area (Å²) in [7, 11) is 0. The maximum atomic E-state index is 4.28. The molecule has 0 amide bonds. The zero-order valence-corrected chi connectivity index (χ0v) is 9.27. The smallest absolute Gasteiger partial charge is 0.0677 e. The molecule has 0 atom stereocenters. The third-order valence-corrected chi connectivity index (χ3v) is 2.51. The lowest BCUT2D eigenvalue weighted by molar-refractivity contribution is 0.838. The largest absolute Gasteiger partial charge is 0.241 e. The number of aromatic nitrogens is 2.